The topological polar surface area (TPSA) is 84.8 Å². The van der Waals surface area contributed by atoms with E-state index in [1.807, 2.05) is 81.4 Å². The Morgan fingerprint density at radius 2 is 1.35 bits per heavy atom. The Balaban J connectivity index is 2.10. The Morgan fingerprint density at radius 3 is 1.79 bits per heavy atom. The first-order chi connectivity index (χ1) is 16.2. The smallest absolute Gasteiger partial charge is 0.332 e. The summed E-state index contributed by atoms with van der Waals surface area (Å²) in [6, 6.07) is 23.6. The number of ether oxygens (including phenoxy) is 1. The molecule has 0 saturated carbocycles. The number of benzene rings is 3. The van der Waals surface area contributed by atoms with Gasteiger partial charge in [0.05, 0.1) is 23.8 Å². The molecule has 6 nitrogen and oxygen atoms in total. The number of aliphatic imine (C=N–C) groups is 1. The minimum absolute atomic E-state index is 0.127. The Hall–Kier alpha value is -3.29. The van der Waals surface area contributed by atoms with Gasteiger partial charge in [-0.2, -0.15) is 0 Å². The third-order valence-electron chi connectivity index (χ3n) is 5.49. The Labute approximate surface area is 201 Å². The number of nitrogens with one attached hydrogen (secondary N) is 1. The zero-order valence-electron chi connectivity index (χ0n) is 19.8. The van der Waals surface area contributed by atoms with E-state index in [0.717, 1.165) is 16.7 Å². The van der Waals surface area contributed by atoms with Crippen molar-refractivity contribution in [3.63, 3.8) is 0 Å². The van der Waals surface area contributed by atoms with E-state index in [2.05, 4.69) is 4.72 Å². The standard InChI is InChI=1S/C27H30N2O4S/c1-19(2)24(29-34(31,32)23-17-15-20(3)16-18-23)26(27(30)33-4)28-25(21-11-7-5-8-12-21)22-13-9-6-10-14-22/h5-19,24,26,29H,1-4H3/t24-,26-/m0/s1. The summed E-state index contributed by atoms with van der Waals surface area (Å²) in [6.45, 7) is 5.58. The molecule has 3 aromatic carbocycles. The maximum Gasteiger partial charge on any atom is 0.332 e. The van der Waals surface area contributed by atoms with Crippen LogP contribution in [0, 0.1) is 12.8 Å². The molecular weight excluding hydrogens is 448 g/mol. The summed E-state index contributed by atoms with van der Waals surface area (Å²) in [5.74, 6) is -0.865. The fourth-order valence-electron chi connectivity index (χ4n) is 3.58. The van der Waals surface area contributed by atoms with E-state index in [0.29, 0.717) is 5.71 Å². The largest absolute Gasteiger partial charge is 0.467 e. The predicted molar refractivity (Wildman–Crippen MR) is 134 cm³/mol. The van der Waals surface area contributed by atoms with Crippen LogP contribution >= 0.6 is 0 Å². The monoisotopic (exact) mass is 478 g/mol. The molecule has 0 fully saturated rings. The number of rotatable bonds is 9. The lowest BCUT2D eigenvalue weighted by Crippen LogP contribution is -2.49. The van der Waals surface area contributed by atoms with Gasteiger partial charge in [-0.05, 0) is 25.0 Å². The molecule has 0 unspecified atom stereocenters. The third-order valence-corrected chi connectivity index (χ3v) is 6.96. The average Bonchev–Trinajstić information content (AvgIpc) is 2.84. The first-order valence-corrected chi connectivity index (χ1v) is 12.6. The molecule has 0 aromatic heterocycles. The lowest BCUT2D eigenvalue weighted by Gasteiger charge is -2.27. The van der Waals surface area contributed by atoms with Gasteiger partial charge in [0.1, 0.15) is 0 Å². The molecule has 3 rings (SSSR count). The molecule has 178 valence electrons. The van der Waals surface area contributed by atoms with Crippen LogP contribution in [0.5, 0.6) is 0 Å². The summed E-state index contributed by atoms with van der Waals surface area (Å²) in [6.07, 6.45) is 0. The van der Waals surface area contributed by atoms with Gasteiger partial charge in [0.25, 0.3) is 0 Å². The minimum Gasteiger partial charge on any atom is -0.467 e. The summed E-state index contributed by atoms with van der Waals surface area (Å²) < 4.78 is 34.2. The van der Waals surface area contributed by atoms with E-state index in [4.69, 9.17) is 9.73 Å². The van der Waals surface area contributed by atoms with Gasteiger partial charge in [-0.15, -0.1) is 0 Å². The molecule has 0 aliphatic carbocycles. The fraction of sp³-hybridized carbons (Fsp3) is 0.259. The van der Waals surface area contributed by atoms with E-state index in [1.165, 1.54) is 7.11 Å². The quantitative estimate of drug-likeness (QED) is 0.365. The highest BCUT2D eigenvalue weighted by Crippen LogP contribution is 2.20. The van der Waals surface area contributed by atoms with Crippen molar-refractivity contribution in [3.05, 3.63) is 102 Å². The molecule has 0 heterocycles. The molecule has 0 spiro atoms. The van der Waals surface area contributed by atoms with Gasteiger partial charge in [0, 0.05) is 11.1 Å². The lowest BCUT2D eigenvalue weighted by atomic mass is 9.96. The number of carbonyl (C=O) groups excluding carboxylic acids is 1. The SMILES string of the molecule is COC(=O)[C@@H](N=C(c1ccccc1)c1ccccc1)[C@@H](NS(=O)(=O)c1ccc(C)cc1)C(C)C. The molecule has 34 heavy (non-hydrogen) atoms. The molecule has 0 aliphatic heterocycles. The van der Waals surface area contributed by atoms with Crippen molar-refractivity contribution in [1.29, 1.82) is 0 Å². The molecule has 0 saturated heterocycles. The van der Waals surface area contributed by atoms with Crippen LogP contribution in [0.1, 0.15) is 30.5 Å². The van der Waals surface area contributed by atoms with Gasteiger partial charge >= 0.3 is 5.97 Å². The number of nitrogens with zero attached hydrogens (tertiary/aromatic N) is 1. The van der Waals surface area contributed by atoms with Gasteiger partial charge in [0.2, 0.25) is 10.0 Å². The second kappa shape index (κ2) is 11.2. The zero-order chi connectivity index (χ0) is 24.7. The van der Waals surface area contributed by atoms with Crippen LogP contribution in [0.15, 0.2) is 94.8 Å². The summed E-state index contributed by atoms with van der Waals surface area (Å²) >= 11 is 0. The number of esters is 1. The molecular formula is C27H30N2O4S. The van der Waals surface area contributed by atoms with Crippen LogP contribution in [0.3, 0.4) is 0 Å². The van der Waals surface area contributed by atoms with Gasteiger partial charge in [-0.3, -0.25) is 4.99 Å². The number of methoxy groups -OCH3 is 1. The van der Waals surface area contributed by atoms with Crippen LogP contribution in [0.4, 0.5) is 0 Å². The maximum atomic E-state index is 13.2. The van der Waals surface area contributed by atoms with Gasteiger partial charge in [-0.1, -0.05) is 92.2 Å². The predicted octanol–water partition coefficient (Wildman–Crippen LogP) is 4.38. The fourth-order valence-corrected chi connectivity index (χ4v) is 4.97. The molecule has 3 aromatic rings. The Kier molecular flexibility index (Phi) is 8.36. The van der Waals surface area contributed by atoms with E-state index in [1.54, 1.807) is 24.3 Å². The van der Waals surface area contributed by atoms with Crippen LogP contribution < -0.4 is 4.72 Å². The van der Waals surface area contributed by atoms with Crippen molar-refractivity contribution in [2.24, 2.45) is 10.9 Å². The van der Waals surface area contributed by atoms with Gasteiger partial charge in [-0.25, -0.2) is 17.9 Å². The summed E-state index contributed by atoms with van der Waals surface area (Å²) in [5.41, 5.74) is 3.15. The molecule has 0 bridgehead atoms. The number of hydrogen-bond acceptors (Lipinski definition) is 5. The minimum atomic E-state index is -3.90. The van der Waals surface area contributed by atoms with Crippen molar-refractivity contribution >= 4 is 21.7 Å². The van der Waals surface area contributed by atoms with Crippen LogP contribution in [-0.4, -0.2) is 39.3 Å². The number of hydrogen-bond donors (Lipinski definition) is 1. The van der Waals surface area contributed by atoms with Crippen LogP contribution in [0.25, 0.3) is 0 Å². The summed E-state index contributed by atoms with van der Waals surface area (Å²) in [4.78, 5) is 17.9. The van der Waals surface area contributed by atoms with Crippen molar-refractivity contribution in [1.82, 2.24) is 4.72 Å². The second-order valence-electron chi connectivity index (χ2n) is 8.38. The Bertz CT molecular complexity index is 1180. The van der Waals surface area contributed by atoms with E-state index in [9.17, 15) is 13.2 Å². The van der Waals surface area contributed by atoms with E-state index >= 15 is 0 Å². The van der Waals surface area contributed by atoms with Crippen molar-refractivity contribution in [2.75, 3.05) is 7.11 Å². The Morgan fingerprint density at radius 1 is 0.853 bits per heavy atom. The first-order valence-electron chi connectivity index (χ1n) is 11.1. The highest BCUT2D eigenvalue weighted by molar-refractivity contribution is 7.89. The number of aryl methyl sites for hydroxylation is 1. The van der Waals surface area contributed by atoms with Crippen molar-refractivity contribution in [3.8, 4) is 0 Å². The summed E-state index contributed by atoms with van der Waals surface area (Å²) in [5, 5.41) is 0. The van der Waals surface area contributed by atoms with Crippen molar-refractivity contribution < 1.29 is 17.9 Å². The van der Waals surface area contributed by atoms with E-state index in [-0.39, 0.29) is 10.8 Å². The van der Waals surface area contributed by atoms with Gasteiger partial charge < -0.3 is 4.74 Å². The number of sulfonamides is 1. The molecule has 7 heteroatoms. The van der Waals surface area contributed by atoms with Gasteiger partial charge in [0.15, 0.2) is 6.04 Å². The lowest BCUT2D eigenvalue weighted by molar-refractivity contribution is -0.142. The highest BCUT2D eigenvalue weighted by Gasteiger charge is 2.35. The third kappa shape index (κ3) is 6.18. The molecule has 0 radical (unpaired) electrons. The molecule has 1 N–H and O–H groups in total. The molecule has 0 aliphatic rings. The normalized spacial score (nSPS) is 13.2. The van der Waals surface area contributed by atoms with Crippen LogP contribution in [-0.2, 0) is 19.6 Å². The molecule has 2 atom stereocenters. The summed E-state index contributed by atoms with van der Waals surface area (Å²) in [7, 11) is -2.62. The average molecular weight is 479 g/mol. The zero-order valence-corrected chi connectivity index (χ0v) is 20.6. The maximum absolute atomic E-state index is 13.2. The number of carbonyl (C=O) groups is 1. The van der Waals surface area contributed by atoms with Crippen molar-refractivity contribution in [2.45, 2.75) is 37.8 Å². The van der Waals surface area contributed by atoms with E-state index < -0.39 is 28.1 Å². The highest BCUT2D eigenvalue weighted by atomic mass is 32.2. The first kappa shape index (κ1) is 25.3. The second-order valence-corrected chi connectivity index (χ2v) is 10.1. The van der Waals surface area contributed by atoms with Crippen LogP contribution in [0.2, 0.25) is 0 Å². The molecule has 0 amide bonds.